The molecule has 0 saturated heterocycles. The minimum absolute atomic E-state index is 0.124. The van der Waals surface area contributed by atoms with Crippen LogP contribution in [0.4, 0.5) is 0 Å². The Labute approximate surface area is 144 Å². The second-order valence-electron chi connectivity index (χ2n) is 5.42. The lowest BCUT2D eigenvalue weighted by atomic mass is 10.1. The number of esters is 1. The molecule has 1 N–H and O–H groups in total. The van der Waals surface area contributed by atoms with Gasteiger partial charge in [0.25, 0.3) is 0 Å². The molecule has 0 radical (unpaired) electrons. The topological polar surface area (TPSA) is 72.5 Å². The summed E-state index contributed by atoms with van der Waals surface area (Å²) in [5.41, 5.74) is 1.97. The lowest BCUT2D eigenvalue weighted by Crippen LogP contribution is -2.18. The Morgan fingerprint density at radius 1 is 1.08 bits per heavy atom. The van der Waals surface area contributed by atoms with Crippen LogP contribution >= 0.6 is 11.3 Å². The summed E-state index contributed by atoms with van der Waals surface area (Å²) in [6.45, 7) is 3.53. The van der Waals surface area contributed by atoms with Crippen LogP contribution in [0.5, 0.6) is 0 Å². The van der Waals surface area contributed by atoms with Gasteiger partial charge in [0.15, 0.2) is 6.61 Å². The number of Topliss-reactive ketones (excluding diaryl/α,β-unsaturated/α-hetero) is 1. The van der Waals surface area contributed by atoms with Gasteiger partial charge < -0.3 is 10.1 Å². The third kappa shape index (κ3) is 5.62. The molecule has 0 atom stereocenters. The summed E-state index contributed by atoms with van der Waals surface area (Å²) in [6.07, 6.45) is 0.145. The minimum atomic E-state index is -0.428. The predicted octanol–water partition coefficient (Wildman–Crippen LogP) is 2.66. The second-order valence-corrected chi connectivity index (χ2v) is 6.59. The molecular weight excluding hydrogens is 326 g/mol. The van der Waals surface area contributed by atoms with Gasteiger partial charge in [0, 0.05) is 11.8 Å². The van der Waals surface area contributed by atoms with E-state index in [1.807, 2.05) is 31.2 Å². The van der Waals surface area contributed by atoms with E-state index in [2.05, 4.69) is 5.32 Å². The molecule has 0 aliphatic rings. The first-order chi connectivity index (χ1) is 11.4. The first-order valence-corrected chi connectivity index (χ1v) is 8.33. The molecule has 0 unspecified atom stereocenters. The molecule has 126 valence electrons. The van der Waals surface area contributed by atoms with Crippen LogP contribution in [-0.2, 0) is 27.3 Å². The number of thiophene rings is 1. The van der Waals surface area contributed by atoms with Gasteiger partial charge in [-0.2, -0.15) is 0 Å². The van der Waals surface area contributed by atoms with Crippen LogP contribution in [-0.4, -0.2) is 24.3 Å². The summed E-state index contributed by atoms with van der Waals surface area (Å²) in [7, 11) is 0. The number of hydrogen-bond donors (Lipinski definition) is 1. The zero-order valence-electron chi connectivity index (χ0n) is 13.6. The van der Waals surface area contributed by atoms with E-state index in [0.29, 0.717) is 11.4 Å². The Morgan fingerprint density at radius 2 is 1.79 bits per heavy atom. The monoisotopic (exact) mass is 345 g/mol. The summed E-state index contributed by atoms with van der Waals surface area (Å²) in [6, 6.07) is 11.0. The van der Waals surface area contributed by atoms with Gasteiger partial charge in [-0.1, -0.05) is 29.8 Å². The summed E-state index contributed by atoms with van der Waals surface area (Å²) in [5, 5.41) is 2.67. The number of carbonyl (C=O) groups excluding carboxylic acids is 3. The lowest BCUT2D eigenvalue weighted by Gasteiger charge is -2.04. The van der Waals surface area contributed by atoms with E-state index in [-0.39, 0.29) is 24.7 Å². The molecule has 2 rings (SSSR count). The average Bonchev–Trinajstić information content (AvgIpc) is 3.02. The van der Waals surface area contributed by atoms with Gasteiger partial charge in [0.2, 0.25) is 11.7 Å². The summed E-state index contributed by atoms with van der Waals surface area (Å²) >= 11 is 1.28. The molecule has 2 aromatic rings. The molecule has 0 aliphatic heterocycles. The first-order valence-electron chi connectivity index (χ1n) is 7.51. The Balaban J connectivity index is 1.80. The molecule has 1 aromatic carbocycles. The fraction of sp³-hybridized carbons (Fsp3) is 0.278. The van der Waals surface area contributed by atoms with E-state index in [1.54, 1.807) is 12.1 Å². The number of rotatable bonds is 7. The number of hydrogen-bond acceptors (Lipinski definition) is 5. The van der Waals surface area contributed by atoms with Crippen LogP contribution in [0.2, 0.25) is 0 Å². The molecule has 24 heavy (non-hydrogen) atoms. The lowest BCUT2D eigenvalue weighted by molar-refractivity contribution is -0.141. The van der Waals surface area contributed by atoms with Gasteiger partial charge in [-0.05, 0) is 24.6 Å². The van der Waals surface area contributed by atoms with Gasteiger partial charge in [-0.25, -0.2) is 0 Å². The summed E-state index contributed by atoms with van der Waals surface area (Å²) in [4.78, 5) is 36.1. The Bertz CT molecular complexity index is 734. The molecule has 0 bridgehead atoms. The van der Waals surface area contributed by atoms with Gasteiger partial charge in [0.05, 0.1) is 17.8 Å². The molecule has 0 saturated carbocycles. The summed E-state index contributed by atoms with van der Waals surface area (Å²) < 4.78 is 5.05. The average molecular weight is 345 g/mol. The molecular formula is C18H19NO4S. The number of nitrogens with one attached hydrogen (secondary N) is 1. The van der Waals surface area contributed by atoms with Crippen LogP contribution in [0.25, 0.3) is 0 Å². The molecule has 0 aliphatic carbocycles. The van der Waals surface area contributed by atoms with Crippen molar-refractivity contribution in [1.29, 1.82) is 0 Å². The molecule has 1 heterocycles. The largest absolute Gasteiger partial charge is 0.457 e. The van der Waals surface area contributed by atoms with Crippen LogP contribution in [0.1, 0.15) is 32.6 Å². The highest BCUT2D eigenvalue weighted by Crippen LogP contribution is 2.17. The fourth-order valence-corrected chi connectivity index (χ4v) is 2.85. The molecule has 1 aromatic heterocycles. The third-order valence-corrected chi connectivity index (χ3v) is 4.41. The van der Waals surface area contributed by atoms with Crippen LogP contribution in [0.3, 0.4) is 0 Å². The highest BCUT2D eigenvalue weighted by atomic mass is 32.1. The fourth-order valence-electron chi connectivity index (χ4n) is 1.98. The minimum Gasteiger partial charge on any atom is -0.457 e. The van der Waals surface area contributed by atoms with E-state index in [1.165, 1.54) is 18.3 Å². The van der Waals surface area contributed by atoms with Crippen molar-refractivity contribution < 1.29 is 19.1 Å². The van der Waals surface area contributed by atoms with Crippen molar-refractivity contribution in [3.8, 4) is 0 Å². The van der Waals surface area contributed by atoms with E-state index in [9.17, 15) is 14.4 Å². The van der Waals surface area contributed by atoms with Crippen molar-refractivity contribution in [2.24, 2.45) is 0 Å². The Morgan fingerprint density at radius 3 is 2.46 bits per heavy atom. The van der Waals surface area contributed by atoms with Crippen molar-refractivity contribution in [2.75, 3.05) is 6.61 Å². The highest BCUT2D eigenvalue weighted by molar-refractivity contribution is 7.14. The maximum absolute atomic E-state index is 12.0. The number of benzene rings is 1. The van der Waals surface area contributed by atoms with Gasteiger partial charge in [-0.3, -0.25) is 14.4 Å². The standard InChI is InChI=1S/C18H19NO4S/c1-12-3-5-14(6-4-12)9-18(22)23-11-16(21)17-8-7-15(24-17)10-19-13(2)20/h3-8H,9-11H2,1-2H3,(H,19,20). The number of ketones is 1. The maximum atomic E-state index is 12.0. The maximum Gasteiger partial charge on any atom is 0.310 e. The van der Waals surface area contributed by atoms with E-state index in [0.717, 1.165) is 16.0 Å². The third-order valence-electron chi connectivity index (χ3n) is 3.28. The second kappa shape index (κ2) is 8.40. The van der Waals surface area contributed by atoms with E-state index >= 15 is 0 Å². The van der Waals surface area contributed by atoms with E-state index in [4.69, 9.17) is 4.74 Å². The molecule has 0 fully saturated rings. The van der Waals surface area contributed by atoms with Crippen molar-refractivity contribution in [2.45, 2.75) is 26.8 Å². The molecule has 0 spiro atoms. The van der Waals surface area contributed by atoms with Crippen molar-refractivity contribution >= 4 is 29.0 Å². The van der Waals surface area contributed by atoms with Gasteiger partial charge in [-0.15, -0.1) is 11.3 Å². The predicted molar refractivity (Wildman–Crippen MR) is 92.0 cm³/mol. The number of carbonyl (C=O) groups is 3. The number of aryl methyl sites for hydroxylation is 1. The van der Waals surface area contributed by atoms with Crippen LogP contribution in [0, 0.1) is 6.92 Å². The number of amides is 1. The zero-order valence-corrected chi connectivity index (χ0v) is 14.4. The highest BCUT2D eigenvalue weighted by Gasteiger charge is 2.13. The van der Waals surface area contributed by atoms with Crippen molar-refractivity contribution in [3.05, 3.63) is 57.3 Å². The SMILES string of the molecule is CC(=O)NCc1ccc(C(=O)COC(=O)Cc2ccc(C)cc2)s1. The number of ether oxygens (including phenoxy) is 1. The molecule has 1 amide bonds. The van der Waals surface area contributed by atoms with Gasteiger partial charge in [0.1, 0.15) is 0 Å². The van der Waals surface area contributed by atoms with Crippen molar-refractivity contribution in [1.82, 2.24) is 5.32 Å². The van der Waals surface area contributed by atoms with Crippen LogP contribution in [0.15, 0.2) is 36.4 Å². The first kappa shape index (κ1) is 17.9. The molecule has 5 nitrogen and oxygen atoms in total. The Hall–Kier alpha value is -2.47. The molecule has 6 heteroatoms. The quantitative estimate of drug-likeness (QED) is 0.618. The van der Waals surface area contributed by atoms with E-state index < -0.39 is 5.97 Å². The van der Waals surface area contributed by atoms with Gasteiger partial charge >= 0.3 is 5.97 Å². The smallest absolute Gasteiger partial charge is 0.310 e. The Kier molecular flexibility index (Phi) is 6.26. The van der Waals surface area contributed by atoms with Crippen molar-refractivity contribution in [3.63, 3.8) is 0 Å². The van der Waals surface area contributed by atoms with Crippen LogP contribution < -0.4 is 5.32 Å². The normalized spacial score (nSPS) is 10.2. The summed E-state index contributed by atoms with van der Waals surface area (Å²) in [5.74, 6) is -0.796. The zero-order chi connectivity index (χ0) is 17.5.